The highest BCUT2D eigenvalue weighted by Crippen LogP contribution is 2.29. The minimum Gasteiger partial charge on any atom is -0.497 e. The van der Waals surface area contributed by atoms with E-state index >= 15 is 0 Å². The summed E-state index contributed by atoms with van der Waals surface area (Å²) in [6.07, 6.45) is 0.198. The van der Waals surface area contributed by atoms with E-state index in [-0.39, 0.29) is 24.0 Å². The number of carbonyl (C=O) groups is 3. The summed E-state index contributed by atoms with van der Waals surface area (Å²) >= 11 is 0. The van der Waals surface area contributed by atoms with E-state index in [2.05, 4.69) is 9.80 Å². The van der Waals surface area contributed by atoms with Crippen LogP contribution in [0.2, 0.25) is 0 Å². The first kappa shape index (κ1) is 20.1. The van der Waals surface area contributed by atoms with Gasteiger partial charge in [0.05, 0.1) is 25.3 Å². The second-order valence-corrected chi connectivity index (χ2v) is 7.61. The van der Waals surface area contributed by atoms with Gasteiger partial charge in [-0.2, -0.15) is 0 Å². The number of anilines is 2. The average molecular weight is 407 g/mol. The molecule has 4 rings (SSSR count). The molecule has 0 N–H and O–H groups in total. The Hall–Kier alpha value is -3.19. The summed E-state index contributed by atoms with van der Waals surface area (Å²) in [4.78, 5) is 42.7. The topological polar surface area (TPSA) is 70.2 Å². The largest absolute Gasteiger partial charge is 0.497 e. The fourth-order valence-electron chi connectivity index (χ4n) is 4.12. The Morgan fingerprint density at radius 3 is 2.30 bits per heavy atom. The molecule has 0 spiro atoms. The van der Waals surface area contributed by atoms with Gasteiger partial charge in [0.25, 0.3) is 5.91 Å². The summed E-state index contributed by atoms with van der Waals surface area (Å²) in [6.45, 7) is 4.48. The van der Waals surface area contributed by atoms with Crippen LogP contribution < -0.4 is 14.5 Å². The Morgan fingerprint density at radius 2 is 1.67 bits per heavy atom. The first-order chi connectivity index (χ1) is 14.5. The lowest BCUT2D eigenvalue weighted by Gasteiger charge is -2.38. The van der Waals surface area contributed by atoms with Gasteiger partial charge in [-0.15, -0.1) is 0 Å². The van der Waals surface area contributed by atoms with Crippen molar-refractivity contribution in [3.63, 3.8) is 0 Å². The van der Waals surface area contributed by atoms with Crippen LogP contribution in [-0.2, 0) is 9.59 Å². The zero-order valence-corrected chi connectivity index (χ0v) is 17.2. The Bertz CT molecular complexity index is 965. The molecule has 1 atom stereocenters. The molecule has 30 heavy (non-hydrogen) atoms. The van der Waals surface area contributed by atoms with Crippen LogP contribution in [0.5, 0.6) is 5.75 Å². The first-order valence-corrected chi connectivity index (χ1v) is 10.1. The van der Waals surface area contributed by atoms with Gasteiger partial charge in [0.1, 0.15) is 5.75 Å². The highest BCUT2D eigenvalue weighted by atomic mass is 16.5. The van der Waals surface area contributed by atoms with E-state index in [1.165, 1.54) is 4.90 Å². The van der Waals surface area contributed by atoms with Crippen LogP contribution >= 0.6 is 0 Å². The molecular weight excluding hydrogens is 382 g/mol. The van der Waals surface area contributed by atoms with Gasteiger partial charge in [-0.1, -0.05) is 6.07 Å². The molecule has 2 saturated heterocycles. The van der Waals surface area contributed by atoms with Crippen LogP contribution in [-0.4, -0.2) is 61.8 Å². The van der Waals surface area contributed by atoms with Gasteiger partial charge in [-0.3, -0.25) is 19.3 Å². The van der Waals surface area contributed by atoms with Gasteiger partial charge in [-0.05, 0) is 43.3 Å². The minimum absolute atomic E-state index is 0.0522. The third-order valence-corrected chi connectivity index (χ3v) is 5.83. The summed E-state index contributed by atoms with van der Waals surface area (Å²) in [6, 6.07) is 14.2. The number of Topliss-reactive ketones (excluding diaryl/α,β-unsaturated/α-hetero) is 1. The van der Waals surface area contributed by atoms with E-state index in [1.54, 1.807) is 38.3 Å². The number of hydrogen-bond acceptors (Lipinski definition) is 6. The van der Waals surface area contributed by atoms with Gasteiger partial charge >= 0.3 is 0 Å². The number of carbonyl (C=O) groups excluding carboxylic acids is 3. The zero-order valence-electron chi connectivity index (χ0n) is 17.2. The first-order valence-electron chi connectivity index (χ1n) is 10.1. The molecule has 0 saturated carbocycles. The quantitative estimate of drug-likeness (QED) is 0.560. The number of ether oxygens (including phenoxy) is 1. The van der Waals surface area contributed by atoms with E-state index in [0.717, 1.165) is 18.8 Å². The van der Waals surface area contributed by atoms with Gasteiger partial charge in [0.2, 0.25) is 5.91 Å². The summed E-state index contributed by atoms with van der Waals surface area (Å²) < 4.78 is 5.22. The second kappa shape index (κ2) is 8.28. The molecular formula is C23H25N3O4. The SMILES string of the molecule is COc1cccc(N2C(=O)C[C@@H](N3CCN(c4ccc(C(C)=O)cc4)CC3)C2=O)c1. The van der Waals surface area contributed by atoms with Gasteiger partial charge in [-0.25, -0.2) is 4.90 Å². The van der Waals surface area contributed by atoms with Gasteiger partial charge in [0, 0.05) is 43.5 Å². The third kappa shape index (κ3) is 3.80. The molecule has 7 heteroatoms. The number of amides is 2. The highest BCUT2D eigenvalue weighted by molar-refractivity contribution is 6.22. The maximum absolute atomic E-state index is 13.0. The predicted octanol–water partition coefficient (Wildman–Crippen LogP) is 2.35. The highest BCUT2D eigenvalue weighted by Gasteiger charge is 2.43. The Morgan fingerprint density at radius 1 is 0.967 bits per heavy atom. The summed E-state index contributed by atoms with van der Waals surface area (Å²) in [5.74, 6) is 0.311. The predicted molar refractivity (Wildman–Crippen MR) is 114 cm³/mol. The maximum Gasteiger partial charge on any atom is 0.251 e. The molecule has 0 unspecified atom stereocenters. The molecule has 0 aliphatic carbocycles. The van der Waals surface area contributed by atoms with Crippen molar-refractivity contribution in [3.05, 3.63) is 54.1 Å². The smallest absolute Gasteiger partial charge is 0.251 e. The van der Waals surface area contributed by atoms with Crippen molar-refractivity contribution >= 4 is 29.0 Å². The van der Waals surface area contributed by atoms with Crippen LogP contribution in [0.1, 0.15) is 23.7 Å². The number of benzene rings is 2. The molecule has 2 heterocycles. The molecule has 2 aliphatic heterocycles. The lowest BCUT2D eigenvalue weighted by molar-refractivity contribution is -0.123. The number of imide groups is 1. The van der Waals surface area contributed by atoms with Crippen molar-refractivity contribution in [3.8, 4) is 5.75 Å². The average Bonchev–Trinajstić information content (AvgIpc) is 3.07. The van der Waals surface area contributed by atoms with Crippen LogP contribution in [0, 0.1) is 0 Å². The molecule has 7 nitrogen and oxygen atoms in total. The molecule has 2 aliphatic rings. The van der Waals surface area contributed by atoms with E-state index in [9.17, 15) is 14.4 Å². The van der Waals surface area contributed by atoms with Gasteiger partial charge in [0.15, 0.2) is 5.78 Å². The van der Waals surface area contributed by atoms with E-state index in [1.807, 2.05) is 24.3 Å². The Kier molecular flexibility index (Phi) is 5.55. The molecule has 0 aromatic heterocycles. The number of ketones is 1. The van der Waals surface area contributed by atoms with Crippen molar-refractivity contribution < 1.29 is 19.1 Å². The van der Waals surface area contributed by atoms with Crippen LogP contribution in [0.4, 0.5) is 11.4 Å². The van der Waals surface area contributed by atoms with Crippen LogP contribution in [0.25, 0.3) is 0 Å². The Labute approximate surface area is 175 Å². The number of hydrogen-bond donors (Lipinski definition) is 0. The molecule has 2 amide bonds. The number of nitrogens with zero attached hydrogens (tertiary/aromatic N) is 3. The number of rotatable bonds is 5. The molecule has 2 aromatic rings. The second-order valence-electron chi connectivity index (χ2n) is 7.61. The molecule has 2 aromatic carbocycles. The number of piperazine rings is 1. The summed E-state index contributed by atoms with van der Waals surface area (Å²) in [7, 11) is 1.56. The van der Waals surface area contributed by atoms with Crippen molar-refractivity contribution in [1.82, 2.24) is 4.90 Å². The zero-order chi connectivity index (χ0) is 21.3. The van der Waals surface area contributed by atoms with Crippen LogP contribution in [0.15, 0.2) is 48.5 Å². The van der Waals surface area contributed by atoms with E-state index in [0.29, 0.717) is 30.1 Å². The third-order valence-electron chi connectivity index (χ3n) is 5.83. The fraction of sp³-hybridized carbons (Fsp3) is 0.348. The molecule has 156 valence electrons. The Balaban J connectivity index is 1.41. The number of methoxy groups -OCH3 is 1. The molecule has 0 radical (unpaired) electrons. The van der Waals surface area contributed by atoms with Crippen molar-refractivity contribution in [2.75, 3.05) is 43.1 Å². The van der Waals surface area contributed by atoms with E-state index in [4.69, 9.17) is 4.74 Å². The maximum atomic E-state index is 13.0. The van der Waals surface area contributed by atoms with Crippen molar-refractivity contribution in [2.24, 2.45) is 0 Å². The molecule has 0 bridgehead atoms. The molecule has 2 fully saturated rings. The summed E-state index contributed by atoms with van der Waals surface area (Å²) in [5.41, 5.74) is 2.31. The van der Waals surface area contributed by atoms with Crippen molar-refractivity contribution in [2.45, 2.75) is 19.4 Å². The van der Waals surface area contributed by atoms with Crippen LogP contribution in [0.3, 0.4) is 0 Å². The minimum atomic E-state index is -0.425. The summed E-state index contributed by atoms with van der Waals surface area (Å²) in [5, 5.41) is 0. The standard InChI is InChI=1S/C23H25N3O4/c1-16(27)17-6-8-18(9-7-17)24-10-12-25(13-11-24)21-15-22(28)26(23(21)29)19-4-3-5-20(14-19)30-2/h3-9,14,21H,10-13,15H2,1-2H3/t21-/m1/s1. The lowest BCUT2D eigenvalue weighted by Crippen LogP contribution is -2.52. The monoisotopic (exact) mass is 407 g/mol. The van der Waals surface area contributed by atoms with E-state index < -0.39 is 6.04 Å². The lowest BCUT2D eigenvalue weighted by atomic mass is 10.1. The fourth-order valence-corrected chi connectivity index (χ4v) is 4.12. The van der Waals surface area contributed by atoms with Gasteiger partial charge < -0.3 is 9.64 Å². The normalized spacial score (nSPS) is 20.0. The van der Waals surface area contributed by atoms with Crippen molar-refractivity contribution in [1.29, 1.82) is 0 Å².